The van der Waals surface area contributed by atoms with E-state index in [4.69, 9.17) is 5.73 Å². The second-order valence-corrected chi connectivity index (χ2v) is 6.51. The summed E-state index contributed by atoms with van der Waals surface area (Å²) in [7, 11) is 0. The van der Waals surface area contributed by atoms with Crippen molar-refractivity contribution in [1.29, 1.82) is 0 Å². The first-order valence-corrected chi connectivity index (χ1v) is 7.86. The lowest BCUT2D eigenvalue weighted by Crippen LogP contribution is -2.47. The van der Waals surface area contributed by atoms with E-state index < -0.39 is 0 Å². The highest BCUT2D eigenvalue weighted by atomic mass is 79.9. The molecule has 2 nitrogen and oxygen atoms in total. The normalized spacial score (nSPS) is 27.9. The molecule has 1 saturated heterocycles. The Hall–Kier alpha value is -0.700. The van der Waals surface area contributed by atoms with Gasteiger partial charge in [0.15, 0.2) is 0 Å². The standard InChI is InChI=1S/C15H21BrN2/c16-13-10-12(17)7-8-15(13)18-9-3-5-11-4-1-2-6-14(11)18/h7-8,10-11,14H,1-6,9,17H2. The third-order valence-electron chi connectivity index (χ3n) is 4.52. The van der Waals surface area contributed by atoms with Gasteiger partial charge < -0.3 is 10.6 Å². The third kappa shape index (κ3) is 2.25. The van der Waals surface area contributed by atoms with Crippen LogP contribution in [0.5, 0.6) is 0 Å². The number of benzene rings is 1. The SMILES string of the molecule is Nc1ccc(N2CCCC3CCCCC32)c(Br)c1. The molecule has 1 saturated carbocycles. The van der Waals surface area contributed by atoms with Gasteiger partial charge in [-0.3, -0.25) is 0 Å². The first-order chi connectivity index (χ1) is 8.75. The lowest BCUT2D eigenvalue weighted by molar-refractivity contribution is 0.243. The number of nitrogen functional groups attached to an aromatic ring is 1. The molecular weight excluding hydrogens is 288 g/mol. The smallest absolute Gasteiger partial charge is 0.0514 e. The zero-order valence-corrected chi connectivity index (χ0v) is 12.3. The highest BCUT2D eigenvalue weighted by Crippen LogP contribution is 2.40. The van der Waals surface area contributed by atoms with Crippen LogP contribution in [0.4, 0.5) is 11.4 Å². The molecule has 2 N–H and O–H groups in total. The molecule has 0 bridgehead atoms. The van der Waals surface area contributed by atoms with Gasteiger partial charge >= 0.3 is 0 Å². The van der Waals surface area contributed by atoms with Crippen molar-refractivity contribution in [3.63, 3.8) is 0 Å². The Bertz CT molecular complexity index is 431. The minimum Gasteiger partial charge on any atom is -0.399 e. The summed E-state index contributed by atoms with van der Waals surface area (Å²) in [6, 6.07) is 6.98. The van der Waals surface area contributed by atoms with Gasteiger partial charge in [0.1, 0.15) is 0 Å². The van der Waals surface area contributed by atoms with Crippen molar-refractivity contribution in [2.24, 2.45) is 5.92 Å². The molecule has 2 unspecified atom stereocenters. The molecular formula is C15H21BrN2. The molecule has 2 atom stereocenters. The van der Waals surface area contributed by atoms with Crippen molar-refractivity contribution >= 4 is 27.3 Å². The van der Waals surface area contributed by atoms with Crippen LogP contribution in [-0.4, -0.2) is 12.6 Å². The van der Waals surface area contributed by atoms with Crippen LogP contribution in [0.3, 0.4) is 0 Å². The summed E-state index contributed by atoms with van der Waals surface area (Å²) in [6.45, 7) is 1.20. The number of fused-ring (bicyclic) bond motifs is 1. The molecule has 18 heavy (non-hydrogen) atoms. The summed E-state index contributed by atoms with van der Waals surface area (Å²) in [5, 5.41) is 0. The Kier molecular flexibility index (Phi) is 3.51. The van der Waals surface area contributed by atoms with Gasteiger partial charge in [0.2, 0.25) is 0 Å². The van der Waals surface area contributed by atoms with E-state index in [0.717, 1.165) is 22.1 Å². The van der Waals surface area contributed by atoms with Gasteiger partial charge in [0, 0.05) is 22.7 Å². The molecule has 2 aliphatic rings. The summed E-state index contributed by atoms with van der Waals surface area (Å²) in [6.07, 6.45) is 8.36. The fraction of sp³-hybridized carbons (Fsp3) is 0.600. The average Bonchev–Trinajstić information content (AvgIpc) is 2.38. The van der Waals surface area contributed by atoms with Crippen molar-refractivity contribution in [2.75, 3.05) is 17.2 Å². The van der Waals surface area contributed by atoms with Crippen LogP contribution in [-0.2, 0) is 0 Å². The maximum Gasteiger partial charge on any atom is 0.0514 e. The van der Waals surface area contributed by atoms with E-state index in [1.807, 2.05) is 12.1 Å². The number of hydrogen-bond donors (Lipinski definition) is 1. The van der Waals surface area contributed by atoms with Gasteiger partial charge in [-0.15, -0.1) is 0 Å². The summed E-state index contributed by atoms with van der Waals surface area (Å²) in [5.74, 6) is 0.914. The second kappa shape index (κ2) is 5.12. The highest BCUT2D eigenvalue weighted by molar-refractivity contribution is 9.10. The first kappa shape index (κ1) is 12.3. The van der Waals surface area contributed by atoms with Crippen molar-refractivity contribution in [3.8, 4) is 0 Å². The van der Waals surface area contributed by atoms with E-state index in [1.165, 1.54) is 50.8 Å². The molecule has 1 aromatic carbocycles. The highest BCUT2D eigenvalue weighted by Gasteiger charge is 2.33. The number of nitrogens with two attached hydrogens (primary N) is 1. The van der Waals surface area contributed by atoms with Gasteiger partial charge in [0.25, 0.3) is 0 Å². The predicted molar refractivity (Wildman–Crippen MR) is 80.9 cm³/mol. The summed E-state index contributed by atoms with van der Waals surface area (Å²) < 4.78 is 1.15. The molecule has 3 rings (SSSR count). The third-order valence-corrected chi connectivity index (χ3v) is 5.16. The Balaban J connectivity index is 1.89. The van der Waals surface area contributed by atoms with Gasteiger partial charge in [-0.1, -0.05) is 12.8 Å². The van der Waals surface area contributed by atoms with Crippen molar-refractivity contribution in [2.45, 2.75) is 44.6 Å². The zero-order chi connectivity index (χ0) is 12.5. The van der Waals surface area contributed by atoms with Crippen LogP contribution >= 0.6 is 15.9 Å². The summed E-state index contributed by atoms with van der Waals surface area (Å²) in [4.78, 5) is 2.62. The fourth-order valence-corrected chi connectivity index (χ4v) is 4.30. The van der Waals surface area contributed by atoms with Crippen LogP contribution in [0.15, 0.2) is 22.7 Å². The van der Waals surface area contributed by atoms with Gasteiger partial charge in [-0.2, -0.15) is 0 Å². The van der Waals surface area contributed by atoms with Gasteiger partial charge in [-0.25, -0.2) is 0 Å². The van der Waals surface area contributed by atoms with Crippen LogP contribution < -0.4 is 10.6 Å². The molecule has 1 aromatic rings. The molecule has 3 heteroatoms. The van der Waals surface area contributed by atoms with E-state index in [2.05, 4.69) is 26.9 Å². The number of hydrogen-bond acceptors (Lipinski definition) is 2. The molecule has 1 heterocycles. The lowest BCUT2D eigenvalue weighted by Gasteiger charge is -2.45. The monoisotopic (exact) mass is 308 g/mol. The Morgan fingerprint density at radius 1 is 1.11 bits per heavy atom. The molecule has 1 aliphatic heterocycles. The summed E-state index contributed by atoms with van der Waals surface area (Å²) in [5.41, 5.74) is 8.01. The topological polar surface area (TPSA) is 29.3 Å². The molecule has 0 amide bonds. The van der Waals surface area contributed by atoms with Gasteiger partial charge in [0.05, 0.1) is 5.69 Å². The van der Waals surface area contributed by atoms with Crippen molar-refractivity contribution < 1.29 is 0 Å². The molecule has 0 aromatic heterocycles. The van der Waals surface area contributed by atoms with Gasteiger partial charge in [-0.05, 0) is 65.7 Å². The molecule has 98 valence electrons. The van der Waals surface area contributed by atoms with E-state index in [1.54, 1.807) is 0 Å². The molecule has 1 aliphatic carbocycles. The number of rotatable bonds is 1. The van der Waals surface area contributed by atoms with Crippen LogP contribution in [0.1, 0.15) is 38.5 Å². The van der Waals surface area contributed by atoms with Crippen molar-refractivity contribution in [1.82, 2.24) is 0 Å². The Morgan fingerprint density at radius 3 is 2.72 bits per heavy atom. The summed E-state index contributed by atoms with van der Waals surface area (Å²) >= 11 is 3.68. The quantitative estimate of drug-likeness (QED) is 0.788. The zero-order valence-electron chi connectivity index (χ0n) is 10.7. The number of halogens is 1. The average molecular weight is 309 g/mol. The van der Waals surface area contributed by atoms with E-state index in [-0.39, 0.29) is 0 Å². The number of nitrogens with zero attached hydrogens (tertiary/aromatic N) is 1. The first-order valence-electron chi connectivity index (χ1n) is 7.07. The van der Waals surface area contributed by atoms with E-state index in [9.17, 15) is 0 Å². The largest absolute Gasteiger partial charge is 0.399 e. The maximum absolute atomic E-state index is 5.84. The molecule has 0 spiro atoms. The van der Waals surface area contributed by atoms with Crippen LogP contribution in [0.25, 0.3) is 0 Å². The second-order valence-electron chi connectivity index (χ2n) is 5.66. The fourth-order valence-electron chi connectivity index (χ4n) is 3.68. The van der Waals surface area contributed by atoms with Crippen LogP contribution in [0, 0.1) is 5.92 Å². The molecule has 0 radical (unpaired) electrons. The Morgan fingerprint density at radius 2 is 1.89 bits per heavy atom. The van der Waals surface area contributed by atoms with E-state index in [0.29, 0.717) is 0 Å². The number of anilines is 2. The molecule has 2 fully saturated rings. The minimum absolute atomic E-state index is 0.757. The van der Waals surface area contributed by atoms with E-state index >= 15 is 0 Å². The van der Waals surface area contributed by atoms with Crippen molar-refractivity contribution in [3.05, 3.63) is 22.7 Å². The Labute approximate surface area is 118 Å². The maximum atomic E-state index is 5.84. The minimum atomic E-state index is 0.757. The number of piperidine rings is 1. The van der Waals surface area contributed by atoms with Crippen LogP contribution in [0.2, 0.25) is 0 Å². The predicted octanol–water partition coefficient (Wildman–Crippen LogP) is 4.19. The lowest BCUT2D eigenvalue weighted by atomic mass is 9.78.